The van der Waals surface area contributed by atoms with Gasteiger partial charge in [-0.15, -0.1) is 0 Å². The number of phenolic OH excluding ortho intramolecular Hbond substituents is 2. The lowest BCUT2D eigenvalue weighted by molar-refractivity contribution is -0.278. The molecule has 10 unspecified atom stereocenters. The van der Waals surface area contributed by atoms with Crippen LogP contribution in [0.5, 0.6) is 23.0 Å². The molecule has 10 atom stereocenters. The number of ether oxygens (including phenoxy) is 5. The maximum absolute atomic E-state index is 11.7. The second-order valence-corrected chi connectivity index (χ2v) is 11.0. The molecule has 5 rings (SSSR count). The lowest BCUT2D eigenvalue weighted by Crippen LogP contribution is -2.60. The summed E-state index contributed by atoms with van der Waals surface area (Å²) in [5, 5.41) is 101. The number of esters is 1. The third-order valence-corrected chi connectivity index (χ3v) is 7.65. The molecule has 0 bridgehead atoms. The molecule has 0 aliphatic carbocycles. The van der Waals surface area contributed by atoms with Crippen LogP contribution in [0.25, 0.3) is 22.3 Å². The van der Waals surface area contributed by atoms with Crippen LogP contribution < -0.4 is 9.47 Å². The predicted molar refractivity (Wildman–Crippen MR) is 154 cm³/mol. The lowest BCUT2D eigenvalue weighted by Gasteiger charge is -2.39. The highest BCUT2D eigenvalue weighted by Gasteiger charge is 2.47. The number of benzene rings is 2. The molecule has 18 nitrogen and oxygen atoms in total. The van der Waals surface area contributed by atoms with Crippen LogP contribution in [0.4, 0.5) is 0 Å². The number of carboxylic acid groups (broad SMARTS) is 1. The van der Waals surface area contributed by atoms with E-state index in [-0.39, 0.29) is 39.5 Å². The molecular weight excluding hydrogens is 648 g/mol. The number of aromatic hydroxyl groups is 2. The van der Waals surface area contributed by atoms with Crippen LogP contribution in [0.3, 0.4) is 0 Å². The maximum Gasteiger partial charge on any atom is 0.402 e. The van der Waals surface area contributed by atoms with Crippen molar-refractivity contribution >= 4 is 22.9 Å². The number of phenols is 2. The third kappa shape index (κ3) is 7.36. The van der Waals surface area contributed by atoms with Gasteiger partial charge < -0.3 is 74.7 Å². The molecule has 0 saturated carbocycles. The Morgan fingerprint density at radius 1 is 0.771 bits per heavy atom. The predicted octanol–water partition coefficient (Wildman–Crippen LogP) is -1.82. The molecule has 2 fully saturated rings. The van der Waals surface area contributed by atoms with Crippen LogP contribution >= 0.6 is 0 Å². The Morgan fingerprint density at radius 3 is 2.00 bits per heavy atom. The number of aliphatic hydroxyl groups is 7. The molecule has 0 spiro atoms. The molecule has 48 heavy (non-hydrogen) atoms. The average molecular weight is 682 g/mol. The summed E-state index contributed by atoms with van der Waals surface area (Å²) in [6.07, 6.45) is -17.7. The van der Waals surface area contributed by atoms with Crippen LogP contribution in [-0.2, 0) is 23.8 Å². The van der Waals surface area contributed by atoms with Crippen LogP contribution in [-0.4, -0.2) is 138 Å². The molecule has 3 aromatic rings. The van der Waals surface area contributed by atoms with Crippen LogP contribution in [0.2, 0.25) is 0 Å². The van der Waals surface area contributed by atoms with Crippen molar-refractivity contribution in [2.75, 3.05) is 13.2 Å². The summed E-state index contributed by atoms with van der Waals surface area (Å²) in [6.45, 7) is -1.41. The van der Waals surface area contributed by atoms with E-state index < -0.39 is 98.7 Å². The highest BCUT2D eigenvalue weighted by Crippen LogP contribution is 2.41. The Kier molecular flexibility index (Phi) is 10.5. The van der Waals surface area contributed by atoms with Gasteiger partial charge in [-0.1, -0.05) is 0 Å². The molecule has 2 aliphatic heterocycles. The number of aliphatic carboxylic acids is 1. The van der Waals surface area contributed by atoms with E-state index in [1.54, 1.807) is 0 Å². The first-order valence-electron chi connectivity index (χ1n) is 14.4. The van der Waals surface area contributed by atoms with E-state index in [9.17, 15) is 55.5 Å². The van der Waals surface area contributed by atoms with Crippen molar-refractivity contribution in [1.29, 1.82) is 0 Å². The van der Waals surface area contributed by atoms with Gasteiger partial charge in [-0.05, 0) is 24.3 Å². The Labute approximate surface area is 269 Å². The van der Waals surface area contributed by atoms with Gasteiger partial charge in [0.25, 0.3) is 0 Å². The van der Waals surface area contributed by atoms with Gasteiger partial charge in [0.1, 0.15) is 84.5 Å². The molecule has 3 heterocycles. The molecule has 2 aromatic carbocycles. The Hall–Kier alpha value is -4.37. The second-order valence-electron chi connectivity index (χ2n) is 11.0. The number of carbonyl (C=O) groups is 2. The lowest BCUT2D eigenvalue weighted by atomic mass is 9.99. The number of fused-ring (bicyclic) bond motifs is 1. The normalized spacial score (nSPS) is 30.5. The van der Waals surface area contributed by atoms with E-state index in [4.69, 9.17) is 33.2 Å². The summed E-state index contributed by atoms with van der Waals surface area (Å²) in [4.78, 5) is 22.5. The highest BCUT2D eigenvalue weighted by atomic mass is 16.7. The van der Waals surface area contributed by atoms with E-state index in [1.165, 1.54) is 36.4 Å². The van der Waals surface area contributed by atoms with Crippen molar-refractivity contribution in [3.8, 4) is 34.3 Å². The summed E-state index contributed by atoms with van der Waals surface area (Å²) in [5.74, 6) is -3.58. The van der Waals surface area contributed by atoms with E-state index >= 15 is 0 Å². The number of carbonyl (C=O) groups excluding carboxylic acids is 1. The van der Waals surface area contributed by atoms with Crippen molar-refractivity contribution < 1.29 is 88.8 Å². The zero-order chi connectivity index (χ0) is 34.9. The molecule has 18 heteroatoms. The van der Waals surface area contributed by atoms with Crippen LogP contribution in [0.1, 0.15) is 6.42 Å². The quantitative estimate of drug-likeness (QED) is 0.0640. The van der Waals surface area contributed by atoms with Crippen LogP contribution in [0, 0.1) is 0 Å². The topological polar surface area (TPSA) is 294 Å². The summed E-state index contributed by atoms with van der Waals surface area (Å²) in [7, 11) is 0. The molecular formula is C30H33O18+. The largest absolute Gasteiger partial charge is 0.508 e. The fourth-order valence-electron chi connectivity index (χ4n) is 5.07. The minimum absolute atomic E-state index is 0.00119. The monoisotopic (exact) mass is 681 g/mol. The average Bonchev–Trinajstić information content (AvgIpc) is 3.04. The maximum atomic E-state index is 11.7. The van der Waals surface area contributed by atoms with Gasteiger partial charge in [0.2, 0.25) is 18.3 Å². The van der Waals surface area contributed by atoms with Crippen LogP contribution in [0.15, 0.2) is 46.9 Å². The third-order valence-electron chi connectivity index (χ3n) is 7.65. The van der Waals surface area contributed by atoms with Crippen molar-refractivity contribution in [3.63, 3.8) is 0 Å². The van der Waals surface area contributed by atoms with E-state index in [1.807, 2.05) is 0 Å². The molecule has 260 valence electrons. The Balaban J connectivity index is 1.47. The summed E-state index contributed by atoms with van der Waals surface area (Å²) < 4.78 is 33.3. The van der Waals surface area contributed by atoms with Gasteiger partial charge in [-0.3, -0.25) is 9.59 Å². The smallest absolute Gasteiger partial charge is 0.402 e. The van der Waals surface area contributed by atoms with Gasteiger partial charge in [0, 0.05) is 12.1 Å². The summed E-state index contributed by atoms with van der Waals surface area (Å²) in [5.41, 5.74) is 0.239. The first-order chi connectivity index (χ1) is 22.8. The SMILES string of the molecule is O=C(O)CC(=O)OCC1OC(Oc2cc3c(O)cc(OC4OC(CO)C(O)C(O)C4O)cc3[o+]c2-c2ccc(O)cc2)C(O)C(O)C1O. The molecule has 1 aromatic heterocycles. The Morgan fingerprint density at radius 2 is 1.38 bits per heavy atom. The van der Waals surface area contributed by atoms with Gasteiger partial charge >= 0.3 is 23.3 Å². The van der Waals surface area contributed by atoms with Gasteiger partial charge in [-0.2, -0.15) is 0 Å². The molecule has 0 amide bonds. The minimum atomic E-state index is -1.88. The molecule has 2 saturated heterocycles. The number of aliphatic hydroxyl groups excluding tert-OH is 7. The van der Waals surface area contributed by atoms with Gasteiger partial charge in [0.15, 0.2) is 0 Å². The fourth-order valence-corrected chi connectivity index (χ4v) is 5.07. The molecule has 2 aliphatic rings. The minimum Gasteiger partial charge on any atom is -0.508 e. The van der Waals surface area contributed by atoms with E-state index in [2.05, 4.69) is 0 Å². The standard InChI is InChI=1S/C30H32O18/c31-9-18-22(37)24(39)26(41)29(47-18)44-13-5-15(33)14-7-17(28(45-16(14)6-13)11-1-3-12(32)4-2-11)46-30-27(42)25(40)23(38)19(48-30)10-43-21(36)8-20(34)35/h1-7,18-19,22-27,29-31,37-42H,8-10H2,(H2-,32,33,34,35)/p+1. The molecule has 10 N–H and O–H groups in total. The van der Waals surface area contributed by atoms with Gasteiger partial charge in [-0.25, -0.2) is 4.42 Å². The fraction of sp³-hybridized carbons (Fsp3) is 0.433. The Bertz CT molecular complexity index is 1610. The molecule has 0 radical (unpaired) electrons. The second kappa shape index (κ2) is 14.4. The zero-order valence-corrected chi connectivity index (χ0v) is 24.7. The number of hydrogen-bond donors (Lipinski definition) is 10. The number of hydrogen-bond acceptors (Lipinski definition) is 16. The number of carboxylic acids is 1. The summed E-state index contributed by atoms with van der Waals surface area (Å²) >= 11 is 0. The zero-order valence-electron chi connectivity index (χ0n) is 24.7. The van der Waals surface area contributed by atoms with E-state index in [0.29, 0.717) is 0 Å². The number of rotatable bonds is 10. The highest BCUT2D eigenvalue weighted by molar-refractivity contribution is 5.90. The van der Waals surface area contributed by atoms with E-state index in [0.717, 1.165) is 6.07 Å². The van der Waals surface area contributed by atoms with Gasteiger partial charge in [0.05, 0.1) is 18.2 Å². The van der Waals surface area contributed by atoms with Crippen molar-refractivity contribution in [1.82, 2.24) is 0 Å². The first kappa shape index (κ1) is 35.0. The van der Waals surface area contributed by atoms with Crippen molar-refractivity contribution in [2.24, 2.45) is 0 Å². The van der Waals surface area contributed by atoms with Crippen molar-refractivity contribution in [2.45, 2.75) is 67.8 Å². The first-order valence-corrected chi connectivity index (χ1v) is 14.4. The van der Waals surface area contributed by atoms with Crippen molar-refractivity contribution in [3.05, 3.63) is 42.5 Å². The summed E-state index contributed by atoms with van der Waals surface area (Å²) in [6, 6.07) is 9.15.